The van der Waals surface area contributed by atoms with Gasteiger partial charge in [0.05, 0.1) is 26.2 Å². The third-order valence-corrected chi connectivity index (χ3v) is 6.47. The monoisotopic (exact) mass is 490 g/mol. The maximum Gasteiger partial charge on any atom is 0.231 e. The van der Waals surface area contributed by atoms with Crippen LogP contribution in [0, 0.1) is 5.92 Å². The largest absolute Gasteiger partial charge is 0.504 e. The van der Waals surface area contributed by atoms with Crippen LogP contribution in [-0.4, -0.2) is 37.9 Å². The highest BCUT2D eigenvalue weighted by molar-refractivity contribution is 6.00. The molecule has 2 heterocycles. The number of hydrogen-bond donors (Lipinski definition) is 2. The van der Waals surface area contributed by atoms with E-state index in [4.69, 9.17) is 18.9 Å². The number of methoxy groups -OCH3 is 2. The highest BCUT2D eigenvalue weighted by Gasteiger charge is 2.42. The number of amides is 2. The number of phenols is 1. The van der Waals surface area contributed by atoms with Crippen molar-refractivity contribution in [3.05, 3.63) is 66.2 Å². The Morgan fingerprint density at radius 3 is 2.53 bits per heavy atom. The predicted octanol–water partition coefficient (Wildman–Crippen LogP) is 4.26. The zero-order valence-electron chi connectivity index (χ0n) is 19.9. The quantitative estimate of drug-likeness (QED) is 0.497. The second-order valence-electron chi connectivity index (χ2n) is 8.54. The van der Waals surface area contributed by atoms with Gasteiger partial charge in [-0.15, -0.1) is 0 Å². The summed E-state index contributed by atoms with van der Waals surface area (Å²) in [6.45, 7) is 0.121. The fourth-order valence-corrected chi connectivity index (χ4v) is 4.68. The molecule has 9 heteroatoms. The highest BCUT2D eigenvalue weighted by Crippen LogP contribution is 2.44. The van der Waals surface area contributed by atoms with E-state index in [1.54, 1.807) is 42.3 Å². The molecule has 2 N–H and O–H groups in total. The molecular formula is C27H26N2O7. The molecule has 2 amide bonds. The number of carbonyl (C=O) groups is 2. The van der Waals surface area contributed by atoms with Gasteiger partial charge in [-0.25, -0.2) is 0 Å². The number of piperidine rings is 1. The van der Waals surface area contributed by atoms with Crippen molar-refractivity contribution in [2.45, 2.75) is 18.9 Å². The number of phenolic OH excluding ortho intramolecular Hbond substituents is 1. The van der Waals surface area contributed by atoms with Crippen LogP contribution in [0.3, 0.4) is 0 Å². The van der Waals surface area contributed by atoms with Crippen molar-refractivity contribution in [1.82, 2.24) is 0 Å². The standard InChI is InChI=1S/C27H26N2O7/c1-33-19-7-3-16(4-8-19)26-20(27(32)28-17-5-10-21(30)23(13-17)34-2)9-12-25(31)29(26)18-6-11-22-24(14-18)36-15-35-22/h3-8,10-11,13-14,20,26,30H,9,12,15H2,1-2H3,(H,28,32). The molecule has 3 aromatic rings. The van der Waals surface area contributed by atoms with Crippen molar-refractivity contribution in [2.24, 2.45) is 5.92 Å². The Balaban J connectivity index is 1.52. The predicted molar refractivity (Wildman–Crippen MR) is 132 cm³/mol. The van der Waals surface area contributed by atoms with Gasteiger partial charge in [0.15, 0.2) is 23.0 Å². The SMILES string of the molecule is COc1ccc(C2C(C(=O)Nc3ccc(O)c(OC)c3)CCC(=O)N2c2ccc3c(c2)OCO3)cc1. The lowest BCUT2D eigenvalue weighted by atomic mass is 9.83. The molecule has 36 heavy (non-hydrogen) atoms. The summed E-state index contributed by atoms with van der Waals surface area (Å²) >= 11 is 0. The Bertz CT molecular complexity index is 1290. The third kappa shape index (κ3) is 4.35. The van der Waals surface area contributed by atoms with Crippen molar-refractivity contribution in [3.8, 4) is 28.7 Å². The molecule has 0 bridgehead atoms. The summed E-state index contributed by atoms with van der Waals surface area (Å²) < 4.78 is 21.4. The topological polar surface area (TPSA) is 107 Å². The zero-order valence-corrected chi connectivity index (χ0v) is 19.9. The molecule has 0 aliphatic carbocycles. The van der Waals surface area contributed by atoms with E-state index in [1.807, 2.05) is 24.3 Å². The minimum absolute atomic E-state index is 0.0242. The number of anilines is 2. The van der Waals surface area contributed by atoms with Crippen molar-refractivity contribution >= 4 is 23.2 Å². The van der Waals surface area contributed by atoms with Crippen molar-refractivity contribution in [1.29, 1.82) is 0 Å². The van der Waals surface area contributed by atoms with E-state index in [-0.39, 0.29) is 36.5 Å². The second-order valence-corrected chi connectivity index (χ2v) is 8.54. The van der Waals surface area contributed by atoms with E-state index < -0.39 is 12.0 Å². The van der Waals surface area contributed by atoms with Crippen LogP contribution in [0.25, 0.3) is 0 Å². The Hall–Kier alpha value is -4.40. The minimum Gasteiger partial charge on any atom is -0.504 e. The van der Waals surface area contributed by atoms with Crippen LogP contribution in [-0.2, 0) is 9.59 Å². The van der Waals surface area contributed by atoms with Gasteiger partial charge in [-0.3, -0.25) is 9.59 Å². The molecule has 0 radical (unpaired) electrons. The first-order valence-electron chi connectivity index (χ1n) is 11.5. The Kier molecular flexibility index (Phi) is 6.28. The number of fused-ring (bicyclic) bond motifs is 1. The lowest BCUT2D eigenvalue weighted by Gasteiger charge is -2.41. The summed E-state index contributed by atoms with van der Waals surface area (Å²) in [5.74, 6) is 1.17. The Morgan fingerprint density at radius 1 is 1.00 bits per heavy atom. The summed E-state index contributed by atoms with van der Waals surface area (Å²) in [5, 5.41) is 12.8. The first-order valence-corrected chi connectivity index (χ1v) is 11.5. The number of rotatable bonds is 6. The molecule has 1 saturated heterocycles. The van der Waals surface area contributed by atoms with E-state index in [0.29, 0.717) is 35.0 Å². The van der Waals surface area contributed by atoms with Gasteiger partial charge in [-0.05, 0) is 48.4 Å². The van der Waals surface area contributed by atoms with E-state index in [0.717, 1.165) is 5.56 Å². The fourth-order valence-electron chi connectivity index (χ4n) is 4.68. The maximum atomic E-state index is 13.6. The first kappa shape index (κ1) is 23.3. The van der Waals surface area contributed by atoms with E-state index in [9.17, 15) is 14.7 Å². The third-order valence-electron chi connectivity index (χ3n) is 6.47. The molecule has 2 unspecified atom stereocenters. The molecule has 186 valence electrons. The van der Waals surface area contributed by atoms with Gasteiger partial charge in [0, 0.05) is 29.9 Å². The number of nitrogens with zero attached hydrogens (tertiary/aromatic N) is 1. The summed E-state index contributed by atoms with van der Waals surface area (Å²) in [6.07, 6.45) is 0.579. The molecule has 0 saturated carbocycles. The summed E-state index contributed by atoms with van der Waals surface area (Å²) in [7, 11) is 3.02. The van der Waals surface area contributed by atoms with E-state index in [2.05, 4.69) is 5.32 Å². The molecular weight excluding hydrogens is 464 g/mol. The van der Waals surface area contributed by atoms with Gasteiger partial charge in [0.2, 0.25) is 18.6 Å². The molecule has 1 fully saturated rings. The minimum atomic E-state index is -0.573. The number of carbonyl (C=O) groups excluding carboxylic acids is 2. The molecule has 5 rings (SSSR count). The first-order chi connectivity index (χ1) is 17.5. The van der Waals surface area contributed by atoms with Gasteiger partial charge in [0.25, 0.3) is 0 Å². The van der Waals surface area contributed by atoms with Crippen LogP contribution in [0.4, 0.5) is 11.4 Å². The Labute approximate surface area is 208 Å². The average molecular weight is 491 g/mol. The number of hydrogen-bond acceptors (Lipinski definition) is 7. The number of benzene rings is 3. The number of ether oxygens (including phenoxy) is 4. The number of nitrogens with one attached hydrogen (secondary N) is 1. The average Bonchev–Trinajstić information content (AvgIpc) is 3.37. The lowest BCUT2D eigenvalue weighted by Crippen LogP contribution is -2.47. The smallest absolute Gasteiger partial charge is 0.231 e. The summed E-state index contributed by atoms with van der Waals surface area (Å²) in [6, 6.07) is 16.7. The van der Waals surface area contributed by atoms with Gasteiger partial charge < -0.3 is 34.3 Å². The van der Waals surface area contributed by atoms with Gasteiger partial charge in [-0.2, -0.15) is 0 Å². The van der Waals surface area contributed by atoms with Crippen molar-refractivity contribution < 1.29 is 33.6 Å². The molecule has 0 aromatic heterocycles. The molecule has 9 nitrogen and oxygen atoms in total. The highest BCUT2D eigenvalue weighted by atomic mass is 16.7. The normalized spacial score (nSPS) is 18.6. The fraction of sp³-hybridized carbons (Fsp3) is 0.259. The van der Waals surface area contributed by atoms with Crippen LogP contribution in [0.5, 0.6) is 28.7 Å². The Morgan fingerprint density at radius 2 is 1.78 bits per heavy atom. The van der Waals surface area contributed by atoms with Crippen molar-refractivity contribution in [3.63, 3.8) is 0 Å². The van der Waals surface area contributed by atoms with Gasteiger partial charge in [0.1, 0.15) is 5.75 Å². The molecule has 2 atom stereocenters. The molecule has 2 aliphatic rings. The summed E-state index contributed by atoms with van der Waals surface area (Å²) in [4.78, 5) is 28.6. The molecule has 2 aliphatic heterocycles. The lowest BCUT2D eigenvalue weighted by molar-refractivity contribution is -0.125. The van der Waals surface area contributed by atoms with Crippen LogP contribution in [0.2, 0.25) is 0 Å². The van der Waals surface area contributed by atoms with Gasteiger partial charge in [-0.1, -0.05) is 12.1 Å². The van der Waals surface area contributed by atoms with Crippen LogP contribution < -0.4 is 29.2 Å². The van der Waals surface area contributed by atoms with E-state index in [1.165, 1.54) is 13.2 Å². The summed E-state index contributed by atoms with van der Waals surface area (Å²) in [5.41, 5.74) is 1.90. The second kappa shape index (κ2) is 9.69. The van der Waals surface area contributed by atoms with Crippen LogP contribution >= 0.6 is 0 Å². The van der Waals surface area contributed by atoms with Crippen LogP contribution in [0.15, 0.2) is 60.7 Å². The van der Waals surface area contributed by atoms with Crippen LogP contribution in [0.1, 0.15) is 24.4 Å². The maximum absolute atomic E-state index is 13.6. The van der Waals surface area contributed by atoms with Crippen molar-refractivity contribution in [2.75, 3.05) is 31.2 Å². The van der Waals surface area contributed by atoms with E-state index >= 15 is 0 Å². The zero-order chi connectivity index (χ0) is 25.2. The molecule has 3 aromatic carbocycles. The number of aromatic hydroxyl groups is 1. The molecule has 0 spiro atoms. The van der Waals surface area contributed by atoms with Gasteiger partial charge >= 0.3 is 0 Å².